The predicted octanol–water partition coefficient (Wildman–Crippen LogP) is 2.39. The molecule has 0 saturated carbocycles. The first-order valence-corrected chi connectivity index (χ1v) is 7.83. The first-order valence-electron chi connectivity index (χ1n) is 7.83. The van der Waals surface area contributed by atoms with Gasteiger partial charge in [0.25, 0.3) is 11.8 Å². The highest BCUT2D eigenvalue weighted by molar-refractivity contribution is 5.98. The summed E-state index contributed by atoms with van der Waals surface area (Å²) in [6, 6.07) is 13.3. The third-order valence-corrected chi connectivity index (χ3v) is 3.55. The summed E-state index contributed by atoms with van der Waals surface area (Å²) < 4.78 is 10.1. The number of hydrogen-bond acceptors (Lipinski definition) is 6. The maximum Gasteiger partial charge on any atom is 0.308 e. The summed E-state index contributed by atoms with van der Waals surface area (Å²) in [7, 11) is 0. The first kappa shape index (κ1) is 16.6. The van der Waals surface area contributed by atoms with Crippen LogP contribution in [0.5, 0.6) is 0 Å². The van der Waals surface area contributed by atoms with Gasteiger partial charge in [0, 0.05) is 19.0 Å². The fourth-order valence-electron chi connectivity index (χ4n) is 2.32. The van der Waals surface area contributed by atoms with Gasteiger partial charge in [-0.3, -0.25) is 9.59 Å². The van der Waals surface area contributed by atoms with Crippen molar-refractivity contribution >= 4 is 22.6 Å². The van der Waals surface area contributed by atoms with Crippen molar-refractivity contribution in [3.8, 4) is 0 Å². The zero-order chi connectivity index (χ0) is 17.6. The molecule has 0 aliphatic heterocycles. The van der Waals surface area contributed by atoms with Gasteiger partial charge in [0.2, 0.25) is 5.89 Å². The molecule has 0 spiro atoms. The van der Waals surface area contributed by atoms with Crippen molar-refractivity contribution in [2.45, 2.75) is 20.0 Å². The molecule has 0 radical (unpaired) electrons. The number of nitrogens with one attached hydrogen (secondary N) is 1. The molecule has 0 saturated heterocycles. The highest BCUT2D eigenvalue weighted by Gasteiger charge is 2.10. The van der Waals surface area contributed by atoms with Crippen molar-refractivity contribution in [1.29, 1.82) is 0 Å². The first-order chi connectivity index (χ1) is 12.1. The van der Waals surface area contributed by atoms with Gasteiger partial charge < -0.3 is 14.5 Å². The van der Waals surface area contributed by atoms with E-state index < -0.39 is 5.97 Å². The van der Waals surface area contributed by atoms with Gasteiger partial charge in [-0.1, -0.05) is 30.3 Å². The van der Waals surface area contributed by atoms with Crippen molar-refractivity contribution in [1.82, 2.24) is 15.5 Å². The minimum absolute atomic E-state index is 0.0619. The lowest BCUT2D eigenvalue weighted by Crippen LogP contribution is -2.26. The number of esters is 1. The molecular formula is C18H17N3O4. The summed E-state index contributed by atoms with van der Waals surface area (Å²) in [5.74, 6) is -0.0273. The van der Waals surface area contributed by atoms with Gasteiger partial charge >= 0.3 is 5.97 Å². The van der Waals surface area contributed by atoms with Crippen LogP contribution in [0.3, 0.4) is 0 Å². The summed E-state index contributed by atoms with van der Waals surface area (Å²) in [6.07, 6.45) is 0.0619. The fourth-order valence-corrected chi connectivity index (χ4v) is 2.32. The molecule has 0 aliphatic rings. The van der Waals surface area contributed by atoms with E-state index >= 15 is 0 Å². The lowest BCUT2D eigenvalue weighted by atomic mass is 10.1. The maximum absolute atomic E-state index is 12.2. The van der Waals surface area contributed by atoms with Crippen LogP contribution in [0.1, 0.15) is 28.6 Å². The molecule has 3 rings (SSSR count). The molecule has 0 unspecified atom stereocenters. The summed E-state index contributed by atoms with van der Waals surface area (Å²) in [6.45, 7) is 1.77. The summed E-state index contributed by atoms with van der Waals surface area (Å²) in [5.41, 5.74) is 0.549. The van der Waals surface area contributed by atoms with Crippen molar-refractivity contribution in [2.75, 3.05) is 6.54 Å². The number of carbonyl (C=O) groups is 2. The van der Waals surface area contributed by atoms with Gasteiger partial charge in [-0.25, -0.2) is 0 Å². The Hall–Kier alpha value is -3.22. The van der Waals surface area contributed by atoms with Crippen LogP contribution in [0.25, 0.3) is 10.8 Å². The van der Waals surface area contributed by atoms with Crippen LogP contribution in [-0.2, 0) is 16.1 Å². The van der Waals surface area contributed by atoms with Crippen LogP contribution in [0.15, 0.2) is 46.9 Å². The number of carbonyl (C=O) groups excluding carboxylic acids is 2. The smallest absolute Gasteiger partial charge is 0.308 e. The molecular weight excluding hydrogens is 322 g/mol. The molecule has 0 atom stereocenters. The number of ether oxygens (including phenoxy) is 1. The Balaban J connectivity index is 1.45. The summed E-state index contributed by atoms with van der Waals surface area (Å²) in [5, 5.41) is 12.1. The third-order valence-electron chi connectivity index (χ3n) is 3.55. The van der Waals surface area contributed by atoms with E-state index in [4.69, 9.17) is 9.15 Å². The number of nitrogens with zero attached hydrogens (tertiary/aromatic N) is 2. The zero-order valence-electron chi connectivity index (χ0n) is 13.7. The Bertz CT molecular complexity index is 904. The van der Waals surface area contributed by atoms with E-state index in [2.05, 4.69) is 15.5 Å². The van der Waals surface area contributed by atoms with Crippen molar-refractivity contribution in [3.05, 3.63) is 59.8 Å². The van der Waals surface area contributed by atoms with E-state index in [-0.39, 0.29) is 31.4 Å². The number of fused-ring (bicyclic) bond motifs is 1. The Labute approximate surface area is 144 Å². The second-order valence-corrected chi connectivity index (χ2v) is 5.44. The van der Waals surface area contributed by atoms with Crippen molar-refractivity contribution in [3.63, 3.8) is 0 Å². The Morgan fingerprint density at radius 3 is 2.68 bits per heavy atom. The van der Waals surface area contributed by atoms with Crippen LogP contribution < -0.4 is 5.32 Å². The monoisotopic (exact) mass is 339 g/mol. The quantitative estimate of drug-likeness (QED) is 0.693. The molecule has 128 valence electrons. The van der Waals surface area contributed by atoms with E-state index in [1.165, 1.54) is 0 Å². The van der Waals surface area contributed by atoms with E-state index in [1.807, 2.05) is 36.4 Å². The number of rotatable bonds is 6. The Morgan fingerprint density at radius 2 is 1.92 bits per heavy atom. The topological polar surface area (TPSA) is 94.3 Å². The number of amides is 1. The van der Waals surface area contributed by atoms with E-state index in [9.17, 15) is 9.59 Å². The molecule has 1 amide bonds. The fraction of sp³-hybridized carbons (Fsp3) is 0.222. The van der Waals surface area contributed by atoms with Crippen molar-refractivity contribution < 1.29 is 18.7 Å². The Morgan fingerprint density at radius 1 is 1.12 bits per heavy atom. The highest BCUT2D eigenvalue weighted by atomic mass is 16.5. The minimum atomic E-state index is -0.449. The molecule has 0 fully saturated rings. The predicted molar refractivity (Wildman–Crippen MR) is 89.7 cm³/mol. The highest BCUT2D eigenvalue weighted by Crippen LogP contribution is 2.15. The second-order valence-electron chi connectivity index (χ2n) is 5.44. The van der Waals surface area contributed by atoms with Gasteiger partial charge in [0.05, 0.1) is 6.42 Å². The van der Waals surface area contributed by atoms with Crippen LogP contribution in [0.2, 0.25) is 0 Å². The molecule has 2 aromatic carbocycles. The van der Waals surface area contributed by atoms with Crippen LogP contribution in [0, 0.1) is 6.92 Å². The number of benzene rings is 2. The second kappa shape index (κ2) is 7.57. The lowest BCUT2D eigenvalue weighted by Gasteiger charge is -2.06. The molecule has 7 nitrogen and oxygen atoms in total. The average molecular weight is 339 g/mol. The van der Waals surface area contributed by atoms with E-state index in [0.29, 0.717) is 11.5 Å². The van der Waals surface area contributed by atoms with Gasteiger partial charge in [-0.2, -0.15) is 0 Å². The number of hydrogen-bond donors (Lipinski definition) is 1. The number of aromatic nitrogens is 2. The summed E-state index contributed by atoms with van der Waals surface area (Å²) in [4.78, 5) is 23.8. The van der Waals surface area contributed by atoms with Gasteiger partial charge in [0.1, 0.15) is 0 Å². The molecule has 1 heterocycles. The van der Waals surface area contributed by atoms with Crippen LogP contribution >= 0.6 is 0 Å². The normalized spacial score (nSPS) is 10.6. The SMILES string of the molecule is Cc1nnc(COC(=O)CCNC(=O)c2ccc3ccccc3c2)o1. The van der Waals surface area contributed by atoms with Gasteiger partial charge in [0.15, 0.2) is 6.61 Å². The molecule has 0 bridgehead atoms. The Kier molecular flexibility index (Phi) is 5.03. The average Bonchev–Trinajstić information content (AvgIpc) is 3.05. The van der Waals surface area contributed by atoms with Crippen LogP contribution in [0.4, 0.5) is 0 Å². The molecule has 25 heavy (non-hydrogen) atoms. The third kappa shape index (κ3) is 4.41. The largest absolute Gasteiger partial charge is 0.456 e. The molecule has 1 N–H and O–H groups in total. The van der Waals surface area contributed by atoms with Gasteiger partial charge in [-0.05, 0) is 22.9 Å². The maximum atomic E-state index is 12.2. The minimum Gasteiger partial charge on any atom is -0.456 e. The zero-order valence-corrected chi connectivity index (χ0v) is 13.7. The van der Waals surface area contributed by atoms with E-state index in [0.717, 1.165) is 10.8 Å². The van der Waals surface area contributed by atoms with Crippen molar-refractivity contribution in [2.24, 2.45) is 0 Å². The summed E-state index contributed by atoms with van der Waals surface area (Å²) >= 11 is 0. The standard InChI is InChI=1S/C18H17N3O4/c1-12-20-21-16(25-12)11-24-17(22)8-9-19-18(23)15-7-6-13-4-2-3-5-14(13)10-15/h2-7,10H,8-9,11H2,1H3,(H,19,23). The molecule has 3 aromatic rings. The number of aryl methyl sites for hydroxylation is 1. The molecule has 7 heteroatoms. The molecule has 1 aromatic heterocycles. The van der Waals surface area contributed by atoms with E-state index in [1.54, 1.807) is 13.0 Å². The lowest BCUT2D eigenvalue weighted by molar-refractivity contribution is -0.145. The molecule has 0 aliphatic carbocycles. The van der Waals surface area contributed by atoms with Crippen LogP contribution in [-0.4, -0.2) is 28.6 Å². The van der Waals surface area contributed by atoms with Gasteiger partial charge in [-0.15, -0.1) is 10.2 Å².